The number of hydrogen-bond acceptors (Lipinski definition) is 7. The van der Waals surface area contributed by atoms with Gasteiger partial charge in [-0.3, -0.25) is 14.7 Å². The number of nitrogens with one attached hydrogen (secondary N) is 1. The number of aliphatic imine (C=N–C) groups is 1. The molecule has 0 bridgehead atoms. The van der Waals surface area contributed by atoms with Gasteiger partial charge in [0.05, 0.1) is 29.5 Å². The van der Waals surface area contributed by atoms with E-state index >= 15 is 0 Å². The summed E-state index contributed by atoms with van der Waals surface area (Å²) in [4.78, 5) is 24.5. The summed E-state index contributed by atoms with van der Waals surface area (Å²) in [6, 6.07) is 11.1. The molecule has 14 heteroatoms. The van der Waals surface area contributed by atoms with Gasteiger partial charge in [0.1, 0.15) is 12.0 Å². The summed E-state index contributed by atoms with van der Waals surface area (Å²) in [6.45, 7) is 3.02. The highest BCUT2D eigenvalue weighted by molar-refractivity contribution is 6.32. The average Bonchev–Trinajstić information content (AvgIpc) is 3.63. The molecule has 0 saturated carbocycles. The predicted octanol–water partition coefficient (Wildman–Crippen LogP) is 3.87. The van der Waals surface area contributed by atoms with Crippen LogP contribution in [0.4, 0.5) is 8.78 Å². The van der Waals surface area contributed by atoms with Crippen LogP contribution in [0.25, 0.3) is 16.9 Å². The van der Waals surface area contributed by atoms with Crippen molar-refractivity contribution in [1.29, 1.82) is 0 Å². The zero-order chi connectivity index (χ0) is 28.8. The van der Waals surface area contributed by atoms with Gasteiger partial charge < -0.3 is 11.1 Å². The fourth-order valence-corrected chi connectivity index (χ4v) is 4.41. The molecule has 3 N–H and O–H groups in total. The van der Waals surface area contributed by atoms with Crippen LogP contribution < -0.4 is 11.1 Å². The molecule has 0 aliphatic carbocycles. The molecule has 1 atom stereocenters. The van der Waals surface area contributed by atoms with Crippen LogP contribution >= 0.6 is 11.6 Å². The molecule has 4 rings (SSSR count). The molecule has 2 aromatic heterocycles. The van der Waals surface area contributed by atoms with Gasteiger partial charge in [0.2, 0.25) is 0 Å². The average molecular weight is 571 g/mol. The fraction of sp³-hybridized carbons (Fsp3) is 0.308. The molecule has 0 fully saturated rings. The van der Waals surface area contributed by atoms with Crippen molar-refractivity contribution < 1.29 is 13.6 Å². The lowest BCUT2D eigenvalue weighted by molar-refractivity contribution is 0.0798. The standard InChI is InChI=1S/C26H29ClF2N10O/c1-4-11-37-34-13-20(36-37)16-5-7-17(8-6-16)25(40)38(26(30)32-3)22(14-31-2)18-9-10-19(27)21(12-18)39-24(23(28)29)33-15-35-39/h5-10,12-13,15,22-23,31H,4,11,14H2,1-3H3,(H2,30,32)/t22-/m1/s1. The number of nitrogens with two attached hydrogens (primary N) is 1. The summed E-state index contributed by atoms with van der Waals surface area (Å²) in [5, 5.41) is 15.9. The number of nitrogens with zero attached hydrogens (tertiary/aromatic N) is 8. The normalized spacial score (nSPS) is 12.6. The molecule has 0 aliphatic rings. The Hall–Kier alpha value is -4.23. The van der Waals surface area contributed by atoms with Gasteiger partial charge in [0.15, 0.2) is 11.8 Å². The maximum Gasteiger partial charge on any atom is 0.297 e. The van der Waals surface area contributed by atoms with Crippen LogP contribution in [-0.4, -0.2) is 67.2 Å². The van der Waals surface area contributed by atoms with E-state index in [0.29, 0.717) is 23.4 Å². The summed E-state index contributed by atoms with van der Waals surface area (Å²) in [5.74, 6) is -0.987. The number of carbonyl (C=O) groups is 1. The molecule has 0 radical (unpaired) electrons. The van der Waals surface area contributed by atoms with Crippen LogP contribution in [0.2, 0.25) is 5.02 Å². The molecule has 4 aromatic rings. The van der Waals surface area contributed by atoms with E-state index in [-0.39, 0.29) is 23.2 Å². The third-order valence-electron chi connectivity index (χ3n) is 6.14. The first-order chi connectivity index (χ1) is 19.3. The molecule has 2 aromatic carbocycles. The van der Waals surface area contributed by atoms with E-state index in [1.165, 1.54) is 11.9 Å². The molecule has 0 spiro atoms. The Morgan fingerprint density at radius 3 is 2.60 bits per heavy atom. The summed E-state index contributed by atoms with van der Waals surface area (Å²) >= 11 is 6.37. The highest BCUT2D eigenvalue weighted by Gasteiger charge is 2.30. The van der Waals surface area contributed by atoms with Crippen molar-refractivity contribution in [3.63, 3.8) is 0 Å². The van der Waals surface area contributed by atoms with Gasteiger partial charge in [0, 0.05) is 24.7 Å². The van der Waals surface area contributed by atoms with Crippen molar-refractivity contribution >= 4 is 23.5 Å². The smallest absolute Gasteiger partial charge is 0.297 e. The van der Waals surface area contributed by atoms with Gasteiger partial charge in [-0.2, -0.15) is 20.1 Å². The highest BCUT2D eigenvalue weighted by atomic mass is 35.5. The van der Waals surface area contributed by atoms with Gasteiger partial charge in [-0.05, 0) is 43.3 Å². The number of amides is 1. The van der Waals surface area contributed by atoms with Crippen LogP contribution in [-0.2, 0) is 6.54 Å². The Morgan fingerprint density at radius 1 is 1.20 bits per heavy atom. The number of aromatic nitrogens is 6. The zero-order valence-corrected chi connectivity index (χ0v) is 22.9. The van der Waals surface area contributed by atoms with Crippen molar-refractivity contribution in [2.45, 2.75) is 32.4 Å². The lowest BCUT2D eigenvalue weighted by atomic mass is 10.0. The maximum absolute atomic E-state index is 13.8. The van der Waals surface area contributed by atoms with E-state index in [1.807, 2.05) is 6.92 Å². The van der Waals surface area contributed by atoms with Crippen molar-refractivity contribution in [3.05, 3.63) is 77.0 Å². The minimum atomic E-state index is -2.87. The summed E-state index contributed by atoms with van der Waals surface area (Å²) < 4.78 is 28.0. The topological polar surface area (TPSA) is 132 Å². The Bertz CT molecular complexity index is 1480. The zero-order valence-electron chi connectivity index (χ0n) is 22.2. The molecule has 0 saturated heterocycles. The van der Waals surface area contributed by atoms with Gasteiger partial charge in [-0.25, -0.2) is 18.4 Å². The second kappa shape index (κ2) is 12.7. The number of likely N-dealkylation sites (N-methyl/N-ethyl adjacent to an activating group) is 1. The van der Waals surface area contributed by atoms with E-state index in [0.717, 1.165) is 23.0 Å². The van der Waals surface area contributed by atoms with Gasteiger partial charge in [-0.15, -0.1) is 0 Å². The van der Waals surface area contributed by atoms with Crippen LogP contribution in [0.15, 0.2) is 60.0 Å². The van der Waals surface area contributed by atoms with Crippen LogP contribution in [0, 0.1) is 0 Å². The number of alkyl halides is 2. The van der Waals surface area contributed by atoms with Crippen molar-refractivity contribution in [3.8, 4) is 16.9 Å². The molecule has 40 heavy (non-hydrogen) atoms. The van der Waals surface area contributed by atoms with Crippen LogP contribution in [0.3, 0.4) is 0 Å². The maximum atomic E-state index is 13.8. The van der Waals surface area contributed by atoms with E-state index in [9.17, 15) is 13.6 Å². The third kappa shape index (κ3) is 6.00. The first-order valence-electron chi connectivity index (χ1n) is 12.5. The molecule has 2 heterocycles. The minimum absolute atomic E-state index is 0.0256. The Kier molecular flexibility index (Phi) is 9.17. The van der Waals surface area contributed by atoms with Crippen molar-refractivity contribution in [1.82, 2.24) is 40.0 Å². The summed E-state index contributed by atoms with van der Waals surface area (Å²) in [7, 11) is 3.20. The van der Waals surface area contributed by atoms with Gasteiger partial charge in [0.25, 0.3) is 12.3 Å². The molecular weight excluding hydrogens is 542 g/mol. The molecule has 0 unspecified atom stereocenters. The Labute approximate surface area is 234 Å². The number of carbonyl (C=O) groups excluding carboxylic acids is 1. The van der Waals surface area contributed by atoms with Gasteiger partial charge in [-0.1, -0.05) is 36.7 Å². The monoisotopic (exact) mass is 570 g/mol. The number of guanidine groups is 1. The molecule has 1 amide bonds. The lowest BCUT2D eigenvalue weighted by Crippen LogP contribution is -2.47. The summed E-state index contributed by atoms with van der Waals surface area (Å²) in [6.07, 6.45) is 0.750. The fourth-order valence-electron chi connectivity index (χ4n) is 4.21. The second-order valence-electron chi connectivity index (χ2n) is 8.78. The van der Waals surface area contributed by atoms with E-state index in [1.54, 1.807) is 60.5 Å². The predicted molar refractivity (Wildman–Crippen MR) is 147 cm³/mol. The van der Waals surface area contributed by atoms with E-state index in [2.05, 4.69) is 30.6 Å². The van der Waals surface area contributed by atoms with Crippen molar-refractivity contribution in [2.75, 3.05) is 20.6 Å². The van der Waals surface area contributed by atoms with E-state index in [4.69, 9.17) is 17.3 Å². The second-order valence-corrected chi connectivity index (χ2v) is 9.18. The number of aryl methyl sites for hydroxylation is 1. The number of hydrogen-bond donors (Lipinski definition) is 2. The summed E-state index contributed by atoms with van der Waals surface area (Å²) in [5.41, 5.74) is 8.87. The molecule has 210 valence electrons. The van der Waals surface area contributed by atoms with E-state index < -0.39 is 24.2 Å². The number of rotatable bonds is 10. The van der Waals surface area contributed by atoms with Gasteiger partial charge >= 0.3 is 0 Å². The first-order valence-corrected chi connectivity index (χ1v) is 12.9. The minimum Gasteiger partial charge on any atom is -0.369 e. The molecule has 11 nitrogen and oxygen atoms in total. The Morgan fingerprint density at radius 2 is 1.95 bits per heavy atom. The molecular formula is C26H29ClF2N10O. The number of benzene rings is 2. The van der Waals surface area contributed by atoms with Crippen molar-refractivity contribution in [2.24, 2.45) is 10.7 Å². The SMILES string of the molecule is CCCn1ncc(-c2ccc(C(=O)N(C(N)=NC)[C@H](CNC)c3ccc(Cl)c(-n4ncnc4C(F)F)c3)cc2)n1. The third-order valence-corrected chi connectivity index (χ3v) is 6.46. The first kappa shape index (κ1) is 28.8. The highest BCUT2D eigenvalue weighted by Crippen LogP contribution is 2.30. The van der Waals surface area contributed by atoms with Crippen LogP contribution in [0.5, 0.6) is 0 Å². The number of halogens is 3. The van der Waals surface area contributed by atoms with Crippen LogP contribution in [0.1, 0.15) is 47.6 Å². The molecule has 0 aliphatic heterocycles. The Balaban J connectivity index is 1.71. The quantitative estimate of drug-likeness (QED) is 0.218. The lowest BCUT2D eigenvalue weighted by Gasteiger charge is -2.31. The largest absolute Gasteiger partial charge is 0.369 e.